The van der Waals surface area contributed by atoms with E-state index in [1.54, 1.807) is 25.1 Å². The van der Waals surface area contributed by atoms with Gasteiger partial charge in [-0.25, -0.2) is 8.42 Å². The molecule has 6 nitrogen and oxygen atoms in total. The predicted octanol–water partition coefficient (Wildman–Crippen LogP) is 5.47. The van der Waals surface area contributed by atoms with Crippen LogP contribution in [-0.4, -0.2) is 20.4 Å². The summed E-state index contributed by atoms with van der Waals surface area (Å²) in [6.07, 6.45) is -0.728. The zero-order chi connectivity index (χ0) is 23.5. The quantitative estimate of drug-likeness (QED) is 0.477. The summed E-state index contributed by atoms with van der Waals surface area (Å²) in [6, 6.07) is 16.5. The predicted molar refractivity (Wildman–Crippen MR) is 128 cm³/mol. The number of rotatable bonds is 7. The van der Waals surface area contributed by atoms with Gasteiger partial charge in [-0.1, -0.05) is 23.7 Å². The van der Waals surface area contributed by atoms with Gasteiger partial charge in [-0.3, -0.25) is 9.52 Å². The van der Waals surface area contributed by atoms with Gasteiger partial charge in [-0.05, 0) is 92.9 Å². The molecular weight excluding hydrogens is 448 g/mol. The number of carbonyl (C=O) groups excluding carboxylic acids is 1. The van der Waals surface area contributed by atoms with E-state index in [2.05, 4.69) is 10.0 Å². The number of ether oxygens (including phenoxy) is 1. The van der Waals surface area contributed by atoms with E-state index in [1.165, 1.54) is 24.3 Å². The van der Waals surface area contributed by atoms with E-state index < -0.39 is 16.1 Å². The molecule has 0 bridgehead atoms. The lowest BCUT2D eigenvalue weighted by atomic mass is 10.1. The van der Waals surface area contributed by atoms with Gasteiger partial charge in [0.05, 0.1) is 10.6 Å². The summed E-state index contributed by atoms with van der Waals surface area (Å²) in [4.78, 5) is 12.5. The first kappa shape index (κ1) is 23.6. The van der Waals surface area contributed by atoms with E-state index in [0.29, 0.717) is 22.1 Å². The second-order valence-corrected chi connectivity index (χ2v) is 9.68. The maximum atomic E-state index is 12.6. The van der Waals surface area contributed by atoms with Gasteiger partial charge >= 0.3 is 0 Å². The minimum absolute atomic E-state index is 0.0617. The molecule has 3 aromatic rings. The molecule has 0 aliphatic heterocycles. The van der Waals surface area contributed by atoms with Crippen molar-refractivity contribution in [1.82, 2.24) is 0 Å². The van der Waals surface area contributed by atoms with E-state index in [0.717, 1.165) is 16.7 Å². The highest BCUT2D eigenvalue weighted by molar-refractivity contribution is 7.92. The maximum Gasteiger partial charge on any atom is 0.265 e. The fourth-order valence-electron chi connectivity index (χ4n) is 2.88. The lowest BCUT2D eigenvalue weighted by Gasteiger charge is -2.16. The highest BCUT2D eigenvalue weighted by atomic mass is 35.5. The summed E-state index contributed by atoms with van der Waals surface area (Å²) in [7, 11) is -3.80. The number of nitrogens with one attached hydrogen (secondary N) is 2. The van der Waals surface area contributed by atoms with Crippen LogP contribution in [0.5, 0.6) is 5.75 Å². The summed E-state index contributed by atoms with van der Waals surface area (Å²) in [6.45, 7) is 7.47. The third kappa shape index (κ3) is 5.81. The molecule has 0 aromatic heterocycles. The number of benzene rings is 3. The lowest BCUT2D eigenvalue weighted by molar-refractivity contribution is -0.122. The zero-order valence-electron chi connectivity index (χ0n) is 18.3. The van der Waals surface area contributed by atoms with Crippen molar-refractivity contribution in [3.8, 4) is 5.75 Å². The van der Waals surface area contributed by atoms with E-state index in [4.69, 9.17) is 16.3 Å². The highest BCUT2D eigenvalue weighted by Crippen LogP contribution is 2.23. The number of carbonyl (C=O) groups is 1. The number of anilines is 2. The van der Waals surface area contributed by atoms with Gasteiger partial charge in [0.1, 0.15) is 5.75 Å². The first-order valence-corrected chi connectivity index (χ1v) is 11.8. The Balaban J connectivity index is 1.64. The molecule has 8 heteroatoms. The lowest BCUT2D eigenvalue weighted by Crippen LogP contribution is -2.30. The molecule has 0 heterocycles. The van der Waals surface area contributed by atoms with Crippen molar-refractivity contribution in [2.75, 3.05) is 10.0 Å². The van der Waals surface area contributed by atoms with Gasteiger partial charge in [-0.15, -0.1) is 0 Å². The number of hydrogen-bond acceptors (Lipinski definition) is 4. The summed E-state index contributed by atoms with van der Waals surface area (Å²) in [5, 5.41) is 3.21. The largest absolute Gasteiger partial charge is 0.481 e. The van der Waals surface area contributed by atoms with Crippen molar-refractivity contribution in [2.45, 2.75) is 38.7 Å². The maximum absolute atomic E-state index is 12.6. The molecule has 3 aromatic carbocycles. The molecule has 0 fully saturated rings. The first-order valence-electron chi connectivity index (χ1n) is 9.99. The standard InChI is InChI=1S/C24H25ClN2O4S/c1-15-6-10-21(13-17(15)3)31-18(4)24(28)26-19-8-11-22(12-9-19)32(29,30)27-20-7-5-16(2)23(25)14-20/h5-14,18,27H,1-4H3,(H,26,28)/t18-/m1/s1. The van der Waals surface area contributed by atoms with Gasteiger partial charge in [0.2, 0.25) is 0 Å². The van der Waals surface area contributed by atoms with Crippen molar-refractivity contribution < 1.29 is 17.9 Å². The van der Waals surface area contributed by atoms with Crippen LogP contribution in [0.4, 0.5) is 11.4 Å². The van der Waals surface area contributed by atoms with E-state index >= 15 is 0 Å². The average molecular weight is 473 g/mol. The van der Waals surface area contributed by atoms with Crippen LogP contribution in [0.3, 0.4) is 0 Å². The van der Waals surface area contributed by atoms with Crippen LogP contribution >= 0.6 is 11.6 Å². The van der Waals surface area contributed by atoms with Crippen molar-refractivity contribution >= 4 is 38.9 Å². The number of halogens is 1. The molecular formula is C24H25ClN2O4S. The minimum Gasteiger partial charge on any atom is -0.481 e. The Morgan fingerprint density at radius 3 is 2.12 bits per heavy atom. The minimum atomic E-state index is -3.80. The Kier molecular flexibility index (Phi) is 7.11. The summed E-state index contributed by atoms with van der Waals surface area (Å²) in [5.41, 5.74) is 3.90. The van der Waals surface area contributed by atoms with Crippen LogP contribution in [0.2, 0.25) is 5.02 Å². The Bertz CT molecular complexity index is 1240. The number of sulfonamides is 1. The van der Waals surface area contributed by atoms with Crippen LogP contribution in [0, 0.1) is 20.8 Å². The molecule has 3 rings (SSSR count). The average Bonchev–Trinajstić information content (AvgIpc) is 2.73. The molecule has 0 radical (unpaired) electrons. The molecule has 0 saturated heterocycles. The van der Waals surface area contributed by atoms with Crippen molar-refractivity contribution in [3.63, 3.8) is 0 Å². The van der Waals surface area contributed by atoms with Crippen molar-refractivity contribution in [2.24, 2.45) is 0 Å². The molecule has 0 unspecified atom stereocenters. The van der Waals surface area contributed by atoms with Gasteiger partial charge in [0.25, 0.3) is 15.9 Å². The Labute approximate surface area is 193 Å². The summed E-state index contributed by atoms with van der Waals surface area (Å²) < 4.78 is 33.5. The van der Waals surface area contributed by atoms with E-state index in [9.17, 15) is 13.2 Å². The Hall–Kier alpha value is -3.03. The number of hydrogen-bond donors (Lipinski definition) is 2. The summed E-state index contributed by atoms with van der Waals surface area (Å²) >= 11 is 6.06. The number of aryl methyl sites for hydroxylation is 3. The van der Waals surface area contributed by atoms with E-state index in [-0.39, 0.29) is 10.8 Å². The molecule has 168 valence electrons. The second-order valence-electron chi connectivity index (χ2n) is 7.59. The van der Waals surface area contributed by atoms with Crippen molar-refractivity contribution in [1.29, 1.82) is 0 Å². The van der Waals surface area contributed by atoms with Gasteiger partial charge in [-0.2, -0.15) is 0 Å². The molecule has 1 atom stereocenters. The third-order valence-electron chi connectivity index (χ3n) is 5.02. The number of amides is 1. The Morgan fingerprint density at radius 1 is 0.875 bits per heavy atom. The molecule has 0 aliphatic carbocycles. The molecule has 32 heavy (non-hydrogen) atoms. The molecule has 1 amide bonds. The zero-order valence-corrected chi connectivity index (χ0v) is 19.8. The fourth-order valence-corrected chi connectivity index (χ4v) is 4.11. The highest BCUT2D eigenvalue weighted by Gasteiger charge is 2.17. The SMILES string of the molecule is Cc1ccc(O[C@H](C)C(=O)Nc2ccc(S(=O)(=O)Nc3ccc(C)c(Cl)c3)cc2)cc1C. The van der Waals surface area contributed by atoms with Gasteiger partial charge < -0.3 is 10.1 Å². The van der Waals surface area contributed by atoms with Crippen LogP contribution in [0.1, 0.15) is 23.6 Å². The van der Waals surface area contributed by atoms with Crippen LogP contribution in [0.25, 0.3) is 0 Å². The van der Waals surface area contributed by atoms with Gasteiger partial charge in [0.15, 0.2) is 6.10 Å². The molecule has 0 spiro atoms. The molecule has 0 saturated carbocycles. The van der Waals surface area contributed by atoms with Crippen LogP contribution in [-0.2, 0) is 14.8 Å². The topological polar surface area (TPSA) is 84.5 Å². The van der Waals surface area contributed by atoms with E-state index in [1.807, 2.05) is 39.0 Å². The summed E-state index contributed by atoms with van der Waals surface area (Å²) in [5.74, 6) is 0.269. The smallest absolute Gasteiger partial charge is 0.265 e. The molecule has 0 aliphatic rings. The first-order chi connectivity index (χ1) is 15.0. The fraction of sp³-hybridized carbons (Fsp3) is 0.208. The second kappa shape index (κ2) is 9.63. The third-order valence-corrected chi connectivity index (χ3v) is 6.82. The normalized spacial score (nSPS) is 12.2. The van der Waals surface area contributed by atoms with Crippen LogP contribution < -0.4 is 14.8 Å². The monoisotopic (exact) mass is 472 g/mol. The Morgan fingerprint density at radius 2 is 1.50 bits per heavy atom. The molecule has 2 N–H and O–H groups in total. The van der Waals surface area contributed by atoms with Crippen molar-refractivity contribution in [3.05, 3.63) is 82.4 Å². The van der Waals surface area contributed by atoms with Gasteiger partial charge in [0, 0.05) is 10.7 Å². The van der Waals surface area contributed by atoms with Crippen LogP contribution in [0.15, 0.2) is 65.6 Å².